The van der Waals surface area contributed by atoms with Crippen LogP contribution in [0.1, 0.15) is 9.46 Å². The number of hydrogen-bond donors (Lipinski definition) is 0. The third-order valence-electron chi connectivity index (χ3n) is 1.78. The van der Waals surface area contributed by atoms with Crippen LogP contribution in [0, 0.1) is 3.82 Å². The van der Waals surface area contributed by atoms with Gasteiger partial charge in [-0.1, -0.05) is 50.7 Å². The molecule has 2 aromatic rings. The second-order valence-electron chi connectivity index (χ2n) is 2.65. The maximum atomic E-state index is 5.29. The molecule has 0 radical (unpaired) electrons. The molecule has 0 amide bonds. The number of hydrogen-bond acceptors (Lipinski definition) is 6. The van der Waals surface area contributed by atoms with E-state index < -0.39 is 0 Å². The summed E-state index contributed by atoms with van der Waals surface area (Å²) >= 11 is 11.0. The Kier molecular flexibility index (Phi) is 2.76. The van der Waals surface area contributed by atoms with E-state index in [-0.39, 0.29) is 0 Å². The van der Waals surface area contributed by atoms with E-state index in [4.69, 9.17) is 12.2 Å². The van der Waals surface area contributed by atoms with E-state index in [1.54, 1.807) is 10.3 Å². The Labute approximate surface area is 107 Å². The van der Waals surface area contributed by atoms with Gasteiger partial charge in [-0.05, 0) is 11.4 Å². The van der Waals surface area contributed by atoms with Crippen molar-refractivity contribution in [2.24, 2.45) is 0 Å². The molecule has 3 heterocycles. The van der Waals surface area contributed by atoms with E-state index >= 15 is 0 Å². The monoisotopic (exact) mass is 292 g/mol. The van der Waals surface area contributed by atoms with Crippen LogP contribution in [0.3, 0.4) is 0 Å². The number of thiophene rings is 1. The summed E-state index contributed by atoms with van der Waals surface area (Å²) in [6, 6.07) is 4.32. The number of thioether (sulfide) groups is 2. The van der Waals surface area contributed by atoms with Gasteiger partial charge in [0, 0.05) is 4.88 Å². The Bertz CT molecular complexity index is 490. The first kappa shape index (κ1) is 9.86. The van der Waals surface area contributed by atoms with Gasteiger partial charge in [0.2, 0.25) is 0 Å². The highest BCUT2D eigenvalue weighted by Gasteiger charge is 2.28. The maximum absolute atomic E-state index is 5.29. The molecule has 0 aliphatic carbocycles. The Morgan fingerprint density at radius 3 is 2.86 bits per heavy atom. The topological polar surface area (TPSA) is 0 Å². The molecule has 0 bridgehead atoms. The molecule has 1 aliphatic heterocycles. The minimum Gasteiger partial charge on any atom is -0.147 e. The number of rotatable bonds is 1. The van der Waals surface area contributed by atoms with Crippen molar-refractivity contribution in [3.8, 4) is 0 Å². The molecule has 72 valence electrons. The lowest BCUT2D eigenvalue weighted by Gasteiger charge is -2.02. The molecular weight excluding hydrogens is 288 g/mol. The quantitative estimate of drug-likeness (QED) is 0.503. The smallest absolute Gasteiger partial charge is 0.116 e. The summed E-state index contributed by atoms with van der Waals surface area (Å²) in [5, 5.41) is 2.14. The summed E-state index contributed by atoms with van der Waals surface area (Å²) < 4.78 is 3.04. The van der Waals surface area contributed by atoms with Gasteiger partial charge in [-0.2, -0.15) is 0 Å². The summed E-state index contributed by atoms with van der Waals surface area (Å²) in [5.74, 6) is 0. The van der Waals surface area contributed by atoms with Gasteiger partial charge in [0.25, 0.3) is 0 Å². The Balaban J connectivity index is 1.96. The average molecular weight is 293 g/mol. The van der Waals surface area contributed by atoms with Crippen LogP contribution in [-0.4, -0.2) is 0 Å². The van der Waals surface area contributed by atoms with Crippen LogP contribution in [0.2, 0.25) is 0 Å². The first-order valence-corrected chi connectivity index (χ1v) is 9.04. The van der Waals surface area contributed by atoms with Crippen molar-refractivity contribution in [3.05, 3.63) is 26.2 Å². The lowest BCUT2D eigenvalue weighted by atomic mass is 10.5. The lowest BCUT2D eigenvalue weighted by molar-refractivity contribution is 1.42. The summed E-state index contributed by atoms with van der Waals surface area (Å²) in [5.41, 5.74) is 0. The molecule has 0 nitrogen and oxygen atoms in total. The van der Waals surface area contributed by atoms with Gasteiger partial charge in [0.05, 0.1) is 13.7 Å². The van der Waals surface area contributed by atoms with Crippen molar-refractivity contribution < 1.29 is 0 Å². The van der Waals surface area contributed by atoms with Crippen LogP contribution in [0.4, 0.5) is 0 Å². The third-order valence-corrected chi connectivity index (χ3v) is 9.78. The molecule has 14 heavy (non-hydrogen) atoms. The van der Waals surface area contributed by atoms with Crippen molar-refractivity contribution in [1.82, 2.24) is 0 Å². The predicted molar refractivity (Wildman–Crippen MR) is 71.8 cm³/mol. The molecule has 1 atom stereocenters. The first-order chi connectivity index (χ1) is 6.84. The van der Waals surface area contributed by atoms with Gasteiger partial charge in [-0.15, -0.1) is 23.1 Å². The molecule has 0 saturated carbocycles. The standard InChI is InChI=1S/C8H4S6/c9-6-5-8(14-13-6)12-7(11-5)4-2-1-3-10-4/h1-3,7H. The van der Waals surface area contributed by atoms with Gasteiger partial charge in [0.1, 0.15) is 3.82 Å². The van der Waals surface area contributed by atoms with Crippen molar-refractivity contribution in [2.75, 3.05) is 0 Å². The number of fused-ring (bicyclic) bond motifs is 1. The first-order valence-electron chi connectivity index (χ1n) is 3.84. The van der Waals surface area contributed by atoms with E-state index in [9.17, 15) is 0 Å². The van der Waals surface area contributed by atoms with Crippen molar-refractivity contribution in [2.45, 2.75) is 13.7 Å². The van der Waals surface area contributed by atoms with E-state index in [2.05, 4.69) is 17.5 Å². The van der Waals surface area contributed by atoms with Crippen LogP contribution in [0.5, 0.6) is 0 Å². The van der Waals surface area contributed by atoms with Gasteiger partial charge in [0.15, 0.2) is 0 Å². The van der Waals surface area contributed by atoms with Crippen molar-refractivity contribution in [3.63, 3.8) is 0 Å². The molecular formula is C8H4S6. The van der Waals surface area contributed by atoms with Crippen molar-refractivity contribution in [1.29, 1.82) is 0 Å². The fourth-order valence-corrected chi connectivity index (χ4v) is 9.05. The van der Waals surface area contributed by atoms with Crippen LogP contribution >= 0.6 is 67.8 Å². The molecule has 0 N–H and O–H groups in total. The molecule has 0 fully saturated rings. The Hall–Kier alpha value is 0.670. The highest BCUT2D eigenvalue weighted by atomic mass is 32.9. The molecule has 1 aliphatic rings. The highest BCUT2D eigenvalue weighted by Crippen LogP contribution is 2.60. The van der Waals surface area contributed by atoms with Crippen LogP contribution in [-0.2, 0) is 0 Å². The Morgan fingerprint density at radius 2 is 2.14 bits per heavy atom. The van der Waals surface area contributed by atoms with E-state index in [0.717, 1.165) is 3.82 Å². The van der Waals surface area contributed by atoms with Gasteiger partial charge in [-0.3, -0.25) is 0 Å². The van der Waals surface area contributed by atoms with Gasteiger partial charge < -0.3 is 0 Å². The predicted octanol–water partition coefficient (Wildman–Crippen LogP) is 5.50. The minimum absolute atomic E-state index is 0.548. The molecule has 0 aromatic carbocycles. The fraction of sp³-hybridized carbons (Fsp3) is 0.125. The zero-order valence-corrected chi connectivity index (χ0v) is 11.7. The largest absolute Gasteiger partial charge is 0.147 e. The SMILES string of the molecule is S=c1ssc2c1SC(c1cccs1)S2. The molecule has 6 heteroatoms. The highest BCUT2D eigenvalue weighted by molar-refractivity contribution is 8.20. The van der Waals surface area contributed by atoms with Crippen LogP contribution in [0.25, 0.3) is 0 Å². The van der Waals surface area contributed by atoms with Gasteiger partial charge >= 0.3 is 0 Å². The van der Waals surface area contributed by atoms with E-state index in [1.165, 1.54) is 14.0 Å². The summed E-state index contributed by atoms with van der Waals surface area (Å²) in [7, 11) is 3.55. The molecule has 0 saturated heterocycles. The summed E-state index contributed by atoms with van der Waals surface area (Å²) in [4.78, 5) is 2.79. The maximum Gasteiger partial charge on any atom is 0.116 e. The Morgan fingerprint density at radius 1 is 1.21 bits per heavy atom. The minimum atomic E-state index is 0.548. The van der Waals surface area contributed by atoms with E-state index in [0.29, 0.717) is 4.58 Å². The third kappa shape index (κ3) is 1.62. The van der Waals surface area contributed by atoms with Crippen LogP contribution < -0.4 is 0 Å². The lowest BCUT2D eigenvalue weighted by Crippen LogP contribution is -1.75. The van der Waals surface area contributed by atoms with E-state index in [1.807, 2.05) is 45.2 Å². The van der Waals surface area contributed by atoms with Crippen LogP contribution in [0.15, 0.2) is 26.6 Å². The fourth-order valence-electron chi connectivity index (χ4n) is 1.17. The van der Waals surface area contributed by atoms with Gasteiger partial charge in [-0.25, -0.2) is 0 Å². The summed E-state index contributed by atoms with van der Waals surface area (Å²) in [6.07, 6.45) is 0. The molecule has 1 unspecified atom stereocenters. The zero-order valence-electron chi connectivity index (χ0n) is 6.76. The molecule has 2 aromatic heterocycles. The zero-order chi connectivity index (χ0) is 9.54. The summed E-state index contributed by atoms with van der Waals surface area (Å²) in [6.45, 7) is 0. The average Bonchev–Trinajstić information content (AvgIpc) is 2.83. The second kappa shape index (κ2) is 3.92. The molecule has 0 spiro atoms. The normalized spacial score (nSPS) is 19.9. The second-order valence-corrected chi connectivity index (χ2v) is 9.24. The molecule has 3 rings (SSSR count). The van der Waals surface area contributed by atoms with Crippen molar-refractivity contribution >= 4 is 67.8 Å².